The Labute approximate surface area is 141 Å². The number of carbonyl (C=O) groups is 1. The number of hydrogen-bond acceptors (Lipinski definition) is 4. The Bertz CT molecular complexity index is 985. The van der Waals surface area contributed by atoms with Crippen LogP contribution in [0.3, 0.4) is 0 Å². The SMILES string of the molecule is O=C(c1cnc2c(-n3cncn3)cc(C(F)(F)F)cn12)N1CC(F)(F)C1. The standard InChI is InChI=1S/C14H9F5N6O/c15-13(16)4-23(5-13)12(26)10-2-21-11-9(25-7-20-6-22-25)1-8(3-24(10)11)14(17,18)19/h1-3,6-7H,4-5H2. The van der Waals surface area contributed by atoms with Crippen molar-refractivity contribution < 1.29 is 26.7 Å². The fourth-order valence-electron chi connectivity index (χ4n) is 2.70. The van der Waals surface area contributed by atoms with E-state index in [1.165, 1.54) is 6.33 Å². The van der Waals surface area contributed by atoms with Gasteiger partial charge in [0.2, 0.25) is 0 Å². The van der Waals surface area contributed by atoms with Gasteiger partial charge in [-0.25, -0.2) is 23.4 Å². The first kappa shape index (κ1) is 16.4. The van der Waals surface area contributed by atoms with Crippen molar-refractivity contribution in [1.82, 2.24) is 29.0 Å². The first-order valence-corrected chi connectivity index (χ1v) is 7.26. The molecule has 12 heteroatoms. The Morgan fingerprint density at radius 3 is 2.54 bits per heavy atom. The molecule has 4 heterocycles. The lowest BCUT2D eigenvalue weighted by molar-refractivity contribution is -0.137. The summed E-state index contributed by atoms with van der Waals surface area (Å²) in [4.78, 5) is 20.9. The Morgan fingerprint density at radius 2 is 1.96 bits per heavy atom. The van der Waals surface area contributed by atoms with Crippen molar-refractivity contribution in [3.8, 4) is 5.69 Å². The highest BCUT2D eigenvalue weighted by molar-refractivity contribution is 5.94. The van der Waals surface area contributed by atoms with Crippen LogP contribution in [-0.2, 0) is 6.18 Å². The molecular formula is C14H9F5N6O. The molecule has 0 unspecified atom stereocenters. The zero-order valence-electron chi connectivity index (χ0n) is 12.8. The van der Waals surface area contributed by atoms with Gasteiger partial charge in [0.25, 0.3) is 11.8 Å². The molecule has 0 bridgehead atoms. The molecule has 0 spiro atoms. The van der Waals surface area contributed by atoms with E-state index in [1.54, 1.807) is 0 Å². The smallest absolute Gasteiger partial charge is 0.325 e. The summed E-state index contributed by atoms with van der Waals surface area (Å²) in [6.07, 6.45) is -0.629. The average Bonchev–Trinajstić information content (AvgIpc) is 3.19. The quantitative estimate of drug-likeness (QED) is 0.646. The molecule has 0 N–H and O–H groups in total. The maximum atomic E-state index is 13.2. The molecule has 0 radical (unpaired) electrons. The first-order valence-electron chi connectivity index (χ1n) is 7.26. The van der Waals surface area contributed by atoms with Crippen molar-refractivity contribution in [3.05, 3.63) is 42.4 Å². The van der Waals surface area contributed by atoms with Crippen molar-refractivity contribution in [3.63, 3.8) is 0 Å². The van der Waals surface area contributed by atoms with E-state index in [0.29, 0.717) is 6.20 Å². The highest BCUT2D eigenvalue weighted by Crippen LogP contribution is 2.33. The number of alkyl halides is 5. The lowest BCUT2D eigenvalue weighted by atomic mass is 10.1. The summed E-state index contributed by atoms with van der Waals surface area (Å²) in [5, 5.41) is 3.79. The lowest BCUT2D eigenvalue weighted by Crippen LogP contribution is -2.58. The predicted molar refractivity (Wildman–Crippen MR) is 76.0 cm³/mol. The van der Waals surface area contributed by atoms with Crippen molar-refractivity contribution in [2.45, 2.75) is 12.1 Å². The van der Waals surface area contributed by atoms with Gasteiger partial charge < -0.3 is 4.90 Å². The molecule has 3 aromatic rings. The van der Waals surface area contributed by atoms with Gasteiger partial charge in [0.1, 0.15) is 24.0 Å². The minimum absolute atomic E-state index is 0.0131. The van der Waals surface area contributed by atoms with Gasteiger partial charge >= 0.3 is 6.18 Å². The van der Waals surface area contributed by atoms with Crippen molar-refractivity contribution in [1.29, 1.82) is 0 Å². The molecule has 0 saturated carbocycles. The fraction of sp³-hybridized carbons (Fsp3) is 0.286. The number of pyridine rings is 1. The summed E-state index contributed by atoms with van der Waals surface area (Å²) in [6, 6.07) is 0.822. The number of amides is 1. The molecule has 1 aliphatic rings. The van der Waals surface area contributed by atoms with Crippen LogP contribution in [0.5, 0.6) is 0 Å². The molecular weight excluding hydrogens is 363 g/mol. The van der Waals surface area contributed by atoms with Crippen LogP contribution in [0.15, 0.2) is 31.1 Å². The Balaban J connectivity index is 1.86. The summed E-state index contributed by atoms with van der Waals surface area (Å²) in [6.45, 7) is -1.57. The zero-order chi connectivity index (χ0) is 18.7. The van der Waals surface area contributed by atoms with Crippen molar-refractivity contribution >= 4 is 11.6 Å². The first-order chi connectivity index (χ1) is 12.2. The summed E-state index contributed by atoms with van der Waals surface area (Å²) in [5.41, 5.74) is -1.33. The van der Waals surface area contributed by atoms with Crippen LogP contribution in [0.25, 0.3) is 11.3 Å². The molecule has 7 nitrogen and oxygen atoms in total. The number of rotatable bonds is 2. The van der Waals surface area contributed by atoms with E-state index < -0.39 is 36.7 Å². The van der Waals surface area contributed by atoms with Gasteiger partial charge in [0.05, 0.1) is 24.8 Å². The Hall–Kier alpha value is -3.05. The van der Waals surface area contributed by atoms with Crippen LogP contribution in [0.2, 0.25) is 0 Å². The second kappa shape index (κ2) is 5.22. The minimum atomic E-state index is -4.70. The molecule has 1 fully saturated rings. The summed E-state index contributed by atoms with van der Waals surface area (Å²) in [7, 11) is 0. The lowest BCUT2D eigenvalue weighted by Gasteiger charge is -2.38. The van der Waals surface area contributed by atoms with E-state index in [0.717, 1.165) is 32.6 Å². The molecule has 0 atom stereocenters. The molecule has 1 aliphatic heterocycles. The van der Waals surface area contributed by atoms with Gasteiger partial charge in [-0.1, -0.05) is 0 Å². The van der Waals surface area contributed by atoms with E-state index in [2.05, 4.69) is 15.1 Å². The van der Waals surface area contributed by atoms with Gasteiger partial charge in [-0.3, -0.25) is 9.20 Å². The average molecular weight is 372 g/mol. The van der Waals surface area contributed by atoms with E-state index in [4.69, 9.17) is 0 Å². The number of aromatic nitrogens is 5. The monoisotopic (exact) mass is 372 g/mol. The maximum Gasteiger partial charge on any atom is 0.417 e. The summed E-state index contributed by atoms with van der Waals surface area (Å²) < 4.78 is 67.7. The van der Waals surface area contributed by atoms with Crippen LogP contribution < -0.4 is 0 Å². The molecule has 4 rings (SSSR count). The molecule has 1 saturated heterocycles. The third kappa shape index (κ3) is 2.57. The van der Waals surface area contributed by atoms with Crippen molar-refractivity contribution in [2.24, 2.45) is 0 Å². The number of hydrogen-bond donors (Lipinski definition) is 0. The van der Waals surface area contributed by atoms with Gasteiger partial charge in [0.15, 0.2) is 5.65 Å². The third-order valence-electron chi connectivity index (χ3n) is 3.93. The predicted octanol–water partition coefficient (Wildman–Crippen LogP) is 2.02. The van der Waals surface area contributed by atoms with Crippen LogP contribution in [0.4, 0.5) is 22.0 Å². The second-order valence-electron chi connectivity index (χ2n) is 5.81. The molecule has 0 aliphatic carbocycles. The van der Waals surface area contributed by atoms with Gasteiger partial charge in [-0.05, 0) is 6.07 Å². The maximum absolute atomic E-state index is 13.2. The van der Waals surface area contributed by atoms with Crippen LogP contribution in [-0.4, -0.2) is 54.0 Å². The molecule has 0 aromatic carbocycles. The number of imidazole rings is 1. The number of fused-ring (bicyclic) bond motifs is 1. The normalized spacial score (nSPS) is 16.7. The van der Waals surface area contributed by atoms with E-state index in [1.807, 2.05) is 0 Å². The Morgan fingerprint density at radius 1 is 1.23 bits per heavy atom. The van der Waals surface area contributed by atoms with Gasteiger partial charge in [-0.15, -0.1) is 0 Å². The zero-order valence-corrected chi connectivity index (χ0v) is 12.8. The fourth-order valence-corrected chi connectivity index (χ4v) is 2.70. The highest BCUT2D eigenvalue weighted by Gasteiger charge is 2.47. The van der Waals surface area contributed by atoms with E-state index in [-0.39, 0.29) is 17.0 Å². The topological polar surface area (TPSA) is 68.3 Å². The minimum Gasteiger partial charge on any atom is -0.325 e. The number of carbonyl (C=O) groups excluding carboxylic acids is 1. The molecule has 1 amide bonds. The highest BCUT2D eigenvalue weighted by atomic mass is 19.4. The second-order valence-corrected chi connectivity index (χ2v) is 5.81. The van der Waals surface area contributed by atoms with Gasteiger partial charge in [-0.2, -0.15) is 18.3 Å². The largest absolute Gasteiger partial charge is 0.417 e. The molecule has 26 heavy (non-hydrogen) atoms. The Kier molecular flexibility index (Phi) is 3.30. The molecule has 136 valence electrons. The third-order valence-corrected chi connectivity index (χ3v) is 3.93. The van der Waals surface area contributed by atoms with Gasteiger partial charge in [0, 0.05) is 6.20 Å². The van der Waals surface area contributed by atoms with Crippen LogP contribution in [0.1, 0.15) is 16.1 Å². The number of likely N-dealkylation sites (tertiary alicyclic amines) is 1. The number of nitrogens with zero attached hydrogens (tertiary/aromatic N) is 6. The van der Waals surface area contributed by atoms with E-state index in [9.17, 15) is 26.7 Å². The van der Waals surface area contributed by atoms with Crippen LogP contribution in [0, 0.1) is 0 Å². The summed E-state index contributed by atoms with van der Waals surface area (Å²) >= 11 is 0. The van der Waals surface area contributed by atoms with Crippen molar-refractivity contribution in [2.75, 3.05) is 13.1 Å². The van der Waals surface area contributed by atoms with E-state index >= 15 is 0 Å². The number of halogens is 5. The molecule has 3 aromatic heterocycles. The summed E-state index contributed by atoms with van der Waals surface area (Å²) in [5.74, 6) is -3.81. The van der Waals surface area contributed by atoms with Crippen LogP contribution >= 0.6 is 0 Å².